The van der Waals surface area contributed by atoms with Gasteiger partial charge in [0.2, 0.25) is 0 Å². The number of hydrogen-bond acceptors (Lipinski definition) is 0. The predicted molar refractivity (Wildman–Crippen MR) is 37.1 cm³/mol. The molecule has 0 spiro atoms. The first-order valence-electron chi connectivity index (χ1n) is 3.85. The van der Waals surface area contributed by atoms with Gasteiger partial charge in [0.1, 0.15) is 5.67 Å². The van der Waals surface area contributed by atoms with Gasteiger partial charge in [0.05, 0.1) is 0 Å². The Morgan fingerprint density at radius 3 is 2.56 bits per heavy atom. The van der Waals surface area contributed by atoms with Gasteiger partial charge in [-0.1, -0.05) is 13.3 Å². The molecule has 0 amide bonds. The van der Waals surface area contributed by atoms with Gasteiger partial charge in [-0.2, -0.15) is 0 Å². The lowest BCUT2D eigenvalue weighted by molar-refractivity contribution is 0.130. The van der Waals surface area contributed by atoms with Crippen LogP contribution < -0.4 is 0 Å². The normalized spacial score (nSPS) is 43.7. The van der Waals surface area contributed by atoms with Crippen LogP contribution in [-0.2, 0) is 0 Å². The summed E-state index contributed by atoms with van der Waals surface area (Å²) in [6.45, 7) is 3.82. The number of rotatable bonds is 1. The highest BCUT2D eigenvalue weighted by Gasteiger charge is 2.37. The molecule has 0 aromatic heterocycles. The molecule has 1 saturated carbocycles. The lowest BCUT2D eigenvalue weighted by atomic mass is 9.93. The fraction of sp³-hybridized carbons (Fsp3) is 1.00. The standard InChI is InChI=1S/C8H15F/c1-3-7-5-4-6-8(7,2)9/h7H,3-6H2,1-2H3. The van der Waals surface area contributed by atoms with E-state index in [9.17, 15) is 4.39 Å². The lowest BCUT2D eigenvalue weighted by Gasteiger charge is -2.20. The molecule has 2 atom stereocenters. The Balaban J connectivity index is 2.52. The monoisotopic (exact) mass is 130 g/mol. The van der Waals surface area contributed by atoms with Crippen LogP contribution in [0.1, 0.15) is 39.5 Å². The third-order valence-corrected chi connectivity index (χ3v) is 2.56. The highest BCUT2D eigenvalue weighted by Crippen LogP contribution is 2.40. The zero-order chi connectivity index (χ0) is 6.91. The molecule has 9 heavy (non-hydrogen) atoms. The Labute approximate surface area is 56.5 Å². The molecular formula is C8H15F. The van der Waals surface area contributed by atoms with E-state index in [1.807, 2.05) is 0 Å². The van der Waals surface area contributed by atoms with E-state index >= 15 is 0 Å². The fourth-order valence-electron chi connectivity index (χ4n) is 1.83. The number of hydrogen-bond donors (Lipinski definition) is 0. The molecule has 0 N–H and O–H groups in total. The van der Waals surface area contributed by atoms with Crippen molar-refractivity contribution in [3.8, 4) is 0 Å². The summed E-state index contributed by atoms with van der Waals surface area (Å²) < 4.78 is 13.3. The van der Waals surface area contributed by atoms with Gasteiger partial charge in [-0.3, -0.25) is 0 Å². The molecule has 0 aliphatic heterocycles. The van der Waals surface area contributed by atoms with Crippen LogP contribution in [0.5, 0.6) is 0 Å². The van der Waals surface area contributed by atoms with Crippen LogP contribution in [-0.4, -0.2) is 5.67 Å². The van der Waals surface area contributed by atoms with E-state index in [2.05, 4.69) is 6.92 Å². The zero-order valence-corrected chi connectivity index (χ0v) is 6.28. The Bertz CT molecular complexity index is 96.7. The maximum absolute atomic E-state index is 13.3. The Morgan fingerprint density at radius 2 is 2.33 bits per heavy atom. The molecule has 0 radical (unpaired) electrons. The van der Waals surface area contributed by atoms with E-state index < -0.39 is 5.67 Å². The number of halogens is 1. The molecule has 1 aliphatic carbocycles. The first kappa shape index (κ1) is 7.04. The van der Waals surface area contributed by atoms with Gasteiger partial charge in [0.15, 0.2) is 0 Å². The molecule has 1 aliphatic rings. The van der Waals surface area contributed by atoms with Crippen molar-refractivity contribution in [3.63, 3.8) is 0 Å². The summed E-state index contributed by atoms with van der Waals surface area (Å²) in [5, 5.41) is 0. The highest BCUT2D eigenvalue weighted by molar-refractivity contribution is 4.87. The molecular weight excluding hydrogens is 115 g/mol. The topological polar surface area (TPSA) is 0 Å². The summed E-state index contributed by atoms with van der Waals surface area (Å²) >= 11 is 0. The van der Waals surface area contributed by atoms with Gasteiger partial charge < -0.3 is 0 Å². The summed E-state index contributed by atoms with van der Waals surface area (Å²) in [6.07, 6.45) is 3.98. The molecule has 0 nitrogen and oxygen atoms in total. The van der Waals surface area contributed by atoms with Crippen molar-refractivity contribution < 1.29 is 4.39 Å². The van der Waals surface area contributed by atoms with Gasteiger partial charge in [0, 0.05) is 0 Å². The van der Waals surface area contributed by atoms with Gasteiger partial charge in [0.25, 0.3) is 0 Å². The maximum Gasteiger partial charge on any atom is 0.111 e. The minimum Gasteiger partial charge on any atom is -0.244 e. The maximum atomic E-state index is 13.3. The van der Waals surface area contributed by atoms with Crippen LogP contribution in [0.3, 0.4) is 0 Å². The second-order valence-corrected chi connectivity index (χ2v) is 3.28. The molecule has 1 heteroatoms. The van der Waals surface area contributed by atoms with E-state index in [4.69, 9.17) is 0 Å². The Morgan fingerprint density at radius 1 is 1.67 bits per heavy atom. The van der Waals surface area contributed by atoms with E-state index in [1.165, 1.54) is 0 Å². The highest BCUT2D eigenvalue weighted by atomic mass is 19.1. The molecule has 2 unspecified atom stereocenters. The second kappa shape index (κ2) is 2.28. The van der Waals surface area contributed by atoms with Crippen molar-refractivity contribution >= 4 is 0 Å². The first-order valence-corrected chi connectivity index (χ1v) is 3.85. The van der Waals surface area contributed by atoms with Crippen molar-refractivity contribution in [2.75, 3.05) is 0 Å². The van der Waals surface area contributed by atoms with Crippen LogP contribution in [0.15, 0.2) is 0 Å². The summed E-state index contributed by atoms with van der Waals surface area (Å²) in [5.41, 5.74) is -0.839. The average Bonchev–Trinajstić information content (AvgIpc) is 2.08. The summed E-state index contributed by atoms with van der Waals surface area (Å²) in [6, 6.07) is 0. The lowest BCUT2D eigenvalue weighted by Crippen LogP contribution is -2.22. The molecule has 0 aromatic carbocycles. The molecule has 0 bridgehead atoms. The van der Waals surface area contributed by atoms with Crippen molar-refractivity contribution in [1.82, 2.24) is 0 Å². The van der Waals surface area contributed by atoms with E-state index in [0.29, 0.717) is 5.92 Å². The summed E-state index contributed by atoms with van der Waals surface area (Å²) in [4.78, 5) is 0. The quantitative estimate of drug-likeness (QED) is 0.512. The summed E-state index contributed by atoms with van der Waals surface area (Å²) in [7, 11) is 0. The van der Waals surface area contributed by atoms with E-state index in [1.54, 1.807) is 6.92 Å². The van der Waals surface area contributed by atoms with Crippen LogP contribution >= 0.6 is 0 Å². The molecule has 0 saturated heterocycles. The minimum atomic E-state index is -0.839. The van der Waals surface area contributed by atoms with Gasteiger partial charge >= 0.3 is 0 Å². The molecule has 1 fully saturated rings. The minimum absolute atomic E-state index is 0.345. The van der Waals surface area contributed by atoms with Gasteiger partial charge in [-0.25, -0.2) is 4.39 Å². The van der Waals surface area contributed by atoms with E-state index in [-0.39, 0.29) is 0 Å². The van der Waals surface area contributed by atoms with Crippen molar-refractivity contribution in [3.05, 3.63) is 0 Å². The molecule has 1 rings (SSSR count). The zero-order valence-electron chi connectivity index (χ0n) is 6.28. The van der Waals surface area contributed by atoms with Crippen LogP contribution in [0.25, 0.3) is 0 Å². The Kier molecular flexibility index (Phi) is 1.78. The SMILES string of the molecule is CCC1CCCC1(C)F. The van der Waals surface area contributed by atoms with Crippen LogP contribution in [0, 0.1) is 5.92 Å². The van der Waals surface area contributed by atoms with Gasteiger partial charge in [-0.15, -0.1) is 0 Å². The number of alkyl halides is 1. The van der Waals surface area contributed by atoms with Crippen molar-refractivity contribution in [1.29, 1.82) is 0 Å². The second-order valence-electron chi connectivity index (χ2n) is 3.28. The molecule has 0 heterocycles. The van der Waals surface area contributed by atoms with Crippen LogP contribution in [0.4, 0.5) is 4.39 Å². The van der Waals surface area contributed by atoms with Gasteiger partial charge in [-0.05, 0) is 32.1 Å². The van der Waals surface area contributed by atoms with Crippen LogP contribution in [0.2, 0.25) is 0 Å². The molecule has 54 valence electrons. The first-order chi connectivity index (χ1) is 4.17. The summed E-state index contributed by atoms with van der Waals surface area (Å²) in [5.74, 6) is 0.345. The Hall–Kier alpha value is -0.0700. The smallest absolute Gasteiger partial charge is 0.111 e. The third kappa shape index (κ3) is 1.25. The van der Waals surface area contributed by atoms with Crippen molar-refractivity contribution in [2.24, 2.45) is 5.92 Å². The molecule has 0 aromatic rings. The van der Waals surface area contributed by atoms with Crippen molar-refractivity contribution in [2.45, 2.75) is 45.2 Å². The predicted octanol–water partition coefficient (Wildman–Crippen LogP) is 2.92. The average molecular weight is 130 g/mol. The fourth-order valence-corrected chi connectivity index (χ4v) is 1.83. The third-order valence-electron chi connectivity index (χ3n) is 2.56. The van der Waals surface area contributed by atoms with E-state index in [0.717, 1.165) is 25.7 Å². The largest absolute Gasteiger partial charge is 0.244 e.